The lowest BCUT2D eigenvalue weighted by Gasteiger charge is -2.09. The van der Waals surface area contributed by atoms with Crippen molar-refractivity contribution in [2.24, 2.45) is 0 Å². The lowest BCUT2D eigenvalue weighted by atomic mass is 10.2. The molecular weight excluding hydrogens is 370 g/mol. The molecule has 2 nitrogen and oxygen atoms in total. The van der Waals surface area contributed by atoms with Gasteiger partial charge in [-0.25, -0.2) is 9.97 Å². The van der Waals surface area contributed by atoms with Crippen LogP contribution in [0.3, 0.4) is 0 Å². The van der Waals surface area contributed by atoms with Gasteiger partial charge in [0, 0.05) is 20.6 Å². The highest BCUT2D eigenvalue weighted by Gasteiger charge is 2.14. The van der Waals surface area contributed by atoms with Crippen LogP contribution in [0.4, 0.5) is 0 Å². The second-order valence-electron chi connectivity index (χ2n) is 3.98. The summed E-state index contributed by atoms with van der Waals surface area (Å²) in [6.45, 7) is 2.05. The fourth-order valence-electron chi connectivity index (χ4n) is 1.68. The smallest absolute Gasteiger partial charge is 0.163 e. The lowest BCUT2D eigenvalue weighted by Crippen LogP contribution is -1.98. The minimum atomic E-state index is 0.392. The van der Waals surface area contributed by atoms with Crippen LogP contribution in [0.15, 0.2) is 22.7 Å². The van der Waals surface area contributed by atoms with Gasteiger partial charge in [0.15, 0.2) is 5.82 Å². The molecule has 1 aromatic carbocycles. The zero-order valence-electron chi connectivity index (χ0n) is 10.1. The Bertz CT molecular complexity index is 594. The van der Waals surface area contributed by atoms with Crippen LogP contribution >= 0.6 is 50.7 Å². The van der Waals surface area contributed by atoms with Gasteiger partial charge in [-0.05, 0) is 24.6 Å². The summed E-state index contributed by atoms with van der Waals surface area (Å²) in [6.07, 6.45) is 1.69. The Morgan fingerprint density at radius 3 is 2.32 bits per heavy atom. The molecule has 0 radical (unpaired) electrons. The average Bonchev–Trinajstić information content (AvgIpc) is 2.36. The molecule has 0 aliphatic rings. The van der Waals surface area contributed by atoms with Crippen molar-refractivity contribution in [2.75, 3.05) is 0 Å². The third-order valence-corrected chi connectivity index (χ3v) is 4.13. The molecule has 0 aliphatic heterocycles. The van der Waals surface area contributed by atoms with E-state index >= 15 is 0 Å². The van der Waals surface area contributed by atoms with E-state index in [4.69, 9.17) is 34.8 Å². The Balaban J connectivity index is 2.55. The van der Waals surface area contributed by atoms with Crippen molar-refractivity contribution in [3.63, 3.8) is 0 Å². The first-order valence-electron chi connectivity index (χ1n) is 5.70. The number of hydrogen-bond acceptors (Lipinski definition) is 2. The van der Waals surface area contributed by atoms with Crippen LogP contribution in [0.5, 0.6) is 0 Å². The normalized spacial score (nSPS) is 10.8. The van der Waals surface area contributed by atoms with E-state index in [0.29, 0.717) is 21.2 Å². The largest absolute Gasteiger partial charge is 0.216 e. The minimum absolute atomic E-state index is 0.392. The molecule has 0 amide bonds. The SMILES string of the molecule is CCCc1c(Cl)nc(-c2cc(Cl)ccc2Br)nc1Cl. The van der Waals surface area contributed by atoms with Gasteiger partial charge in [-0.2, -0.15) is 0 Å². The number of aromatic nitrogens is 2. The molecule has 0 saturated heterocycles. The number of benzene rings is 1. The number of hydrogen-bond donors (Lipinski definition) is 0. The van der Waals surface area contributed by atoms with Crippen molar-refractivity contribution in [1.29, 1.82) is 0 Å². The standard InChI is InChI=1S/C13H10BrCl3N2/c1-2-3-8-11(16)18-13(19-12(8)17)9-6-7(15)4-5-10(9)14/h4-6H,2-3H2,1H3. The molecule has 0 fully saturated rings. The Morgan fingerprint density at radius 1 is 1.11 bits per heavy atom. The van der Waals surface area contributed by atoms with Crippen LogP contribution in [0, 0.1) is 0 Å². The van der Waals surface area contributed by atoms with Crippen LogP contribution in [0.1, 0.15) is 18.9 Å². The first kappa shape index (κ1) is 15.0. The molecule has 0 aliphatic carbocycles. The predicted molar refractivity (Wildman–Crippen MR) is 84.2 cm³/mol. The molecule has 19 heavy (non-hydrogen) atoms. The van der Waals surface area contributed by atoms with Crippen LogP contribution in [0.2, 0.25) is 15.3 Å². The average molecular weight is 380 g/mol. The molecule has 0 atom stereocenters. The molecular formula is C13H10BrCl3N2. The summed E-state index contributed by atoms with van der Waals surface area (Å²) in [4.78, 5) is 8.61. The van der Waals surface area contributed by atoms with E-state index in [2.05, 4.69) is 25.9 Å². The zero-order chi connectivity index (χ0) is 14.0. The molecule has 0 N–H and O–H groups in total. The fourth-order valence-corrected chi connectivity index (χ4v) is 2.85. The Kier molecular flexibility index (Phi) is 5.07. The van der Waals surface area contributed by atoms with Crippen LogP contribution in [-0.4, -0.2) is 9.97 Å². The van der Waals surface area contributed by atoms with E-state index in [1.807, 2.05) is 13.0 Å². The summed E-state index contributed by atoms with van der Waals surface area (Å²) in [6, 6.07) is 5.39. The third-order valence-electron chi connectivity index (χ3n) is 2.58. The maximum Gasteiger partial charge on any atom is 0.163 e. The van der Waals surface area contributed by atoms with Crippen molar-refractivity contribution in [1.82, 2.24) is 9.97 Å². The summed E-state index contributed by atoms with van der Waals surface area (Å²) in [7, 11) is 0. The van der Waals surface area contributed by atoms with Crippen molar-refractivity contribution < 1.29 is 0 Å². The van der Waals surface area contributed by atoms with E-state index in [0.717, 1.165) is 28.4 Å². The maximum absolute atomic E-state index is 6.17. The van der Waals surface area contributed by atoms with Crippen molar-refractivity contribution in [3.8, 4) is 11.4 Å². The maximum atomic E-state index is 6.17. The molecule has 0 unspecified atom stereocenters. The highest BCUT2D eigenvalue weighted by Crippen LogP contribution is 2.32. The molecule has 1 aromatic heterocycles. The summed E-state index contributed by atoms with van der Waals surface area (Å²) >= 11 is 21.8. The van der Waals surface area contributed by atoms with E-state index in [1.54, 1.807) is 12.1 Å². The summed E-state index contributed by atoms with van der Waals surface area (Å²) in [5, 5.41) is 1.39. The van der Waals surface area contributed by atoms with Crippen LogP contribution in [0.25, 0.3) is 11.4 Å². The highest BCUT2D eigenvalue weighted by atomic mass is 79.9. The van der Waals surface area contributed by atoms with Gasteiger partial charge in [-0.15, -0.1) is 0 Å². The monoisotopic (exact) mass is 378 g/mol. The molecule has 100 valence electrons. The number of rotatable bonds is 3. The van der Waals surface area contributed by atoms with Crippen LogP contribution < -0.4 is 0 Å². The summed E-state index contributed by atoms with van der Waals surface area (Å²) < 4.78 is 0.840. The molecule has 6 heteroatoms. The van der Waals surface area contributed by atoms with Crippen LogP contribution in [-0.2, 0) is 6.42 Å². The molecule has 2 aromatic rings. The van der Waals surface area contributed by atoms with Crippen molar-refractivity contribution in [2.45, 2.75) is 19.8 Å². The summed E-state index contributed by atoms with van der Waals surface area (Å²) in [5.41, 5.74) is 1.55. The van der Waals surface area contributed by atoms with Gasteiger partial charge in [0.1, 0.15) is 10.3 Å². The lowest BCUT2D eigenvalue weighted by molar-refractivity contribution is 0.903. The zero-order valence-corrected chi connectivity index (χ0v) is 13.9. The second kappa shape index (κ2) is 6.40. The van der Waals surface area contributed by atoms with E-state index in [9.17, 15) is 0 Å². The molecule has 0 saturated carbocycles. The van der Waals surface area contributed by atoms with Gasteiger partial charge in [0.2, 0.25) is 0 Å². The Labute approximate surface area is 135 Å². The Morgan fingerprint density at radius 2 is 1.74 bits per heavy atom. The number of halogens is 4. The van der Waals surface area contributed by atoms with E-state index in [1.165, 1.54) is 0 Å². The van der Waals surface area contributed by atoms with E-state index < -0.39 is 0 Å². The van der Waals surface area contributed by atoms with Crippen molar-refractivity contribution >= 4 is 50.7 Å². The third kappa shape index (κ3) is 3.40. The molecule has 2 rings (SSSR count). The number of nitrogens with zero attached hydrogens (tertiary/aromatic N) is 2. The van der Waals surface area contributed by atoms with Gasteiger partial charge in [-0.1, -0.05) is 64.1 Å². The second-order valence-corrected chi connectivity index (χ2v) is 5.99. The predicted octanol–water partition coefficient (Wildman–Crippen LogP) is 5.82. The van der Waals surface area contributed by atoms with Crippen molar-refractivity contribution in [3.05, 3.63) is 43.6 Å². The fraction of sp³-hybridized carbons (Fsp3) is 0.231. The first-order chi connectivity index (χ1) is 9.02. The van der Waals surface area contributed by atoms with Gasteiger partial charge in [0.25, 0.3) is 0 Å². The van der Waals surface area contributed by atoms with E-state index in [-0.39, 0.29) is 0 Å². The van der Waals surface area contributed by atoms with Gasteiger partial charge in [0.05, 0.1) is 0 Å². The minimum Gasteiger partial charge on any atom is -0.216 e. The highest BCUT2D eigenvalue weighted by molar-refractivity contribution is 9.10. The van der Waals surface area contributed by atoms with Gasteiger partial charge < -0.3 is 0 Å². The molecule has 0 spiro atoms. The first-order valence-corrected chi connectivity index (χ1v) is 7.63. The van der Waals surface area contributed by atoms with Gasteiger partial charge >= 0.3 is 0 Å². The quantitative estimate of drug-likeness (QED) is 0.627. The Hall–Kier alpha value is -0.350. The molecule has 0 bridgehead atoms. The van der Waals surface area contributed by atoms with Gasteiger partial charge in [-0.3, -0.25) is 0 Å². The summed E-state index contributed by atoms with van der Waals surface area (Å²) in [5.74, 6) is 0.462. The molecule has 1 heterocycles. The topological polar surface area (TPSA) is 25.8 Å².